The molecule has 11 nitrogen and oxygen atoms in total. The molecule has 2 aromatic carbocycles. The molecule has 2 saturated heterocycles. The molecule has 3 amide bonds. The minimum Gasteiger partial charge on any atom is -0.455 e. The van der Waals surface area contributed by atoms with Gasteiger partial charge in [-0.3, -0.25) is 19.4 Å². The third kappa shape index (κ3) is 5.22. The van der Waals surface area contributed by atoms with Crippen LogP contribution in [-0.4, -0.2) is 70.3 Å². The van der Waals surface area contributed by atoms with E-state index in [2.05, 4.69) is 15.6 Å². The molecule has 3 aliphatic heterocycles. The van der Waals surface area contributed by atoms with E-state index in [0.717, 1.165) is 32.1 Å². The summed E-state index contributed by atoms with van der Waals surface area (Å²) in [5, 5.41) is 6.65. The number of carbonyl (C=O) groups is 3. The summed E-state index contributed by atoms with van der Waals surface area (Å²) in [6.45, 7) is 0.866. The molecule has 43 heavy (non-hydrogen) atoms. The van der Waals surface area contributed by atoms with Crippen molar-refractivity contribution >= 4 is 40.4 Å². The maximum Gasteiger partial charge on any atom is 0.251 e. The zero-order valence-electron chi connectivity index (χ0n) is 23.4. The van der Waals surface area contributed by atoms with Gasteiger partial charge in [-0.25, -0.2) is 0 Å². The first-order valence-corrected chi connectivity index (χ1v) is 14.8. The van der Waals surface area contributed by atoms with Crippen molar-refractivity contribution in [1.29, 1.82) is 0 Å². The van der Waals surface area contributed by atoms with Crippen molar-refractivity contribution in [3.05, 3.63) is 78.2 Å². The summed E-state index contributed by atoms with van der Waals surface area (Å²) >= 11 is 1.57. The molecule has 2 N–H and O–H groups in total. The first-order valence-electron chi connectivity index (χ1n) is 14.0. The number of nitrogens with one attached hydrogen (secondary N) is 2. The number of rotatable bonds is 6. The Morgan fingerprint density at radius 3 is 2.67 bits per heavy atom. The molecular weight excluding hydrogens is 570 g/mol. The number of pyridine rings is 1. The fraction of sp³-hybridized carbons (Fsp3) is 0.290. The highest BCUT2D eigenvalue weighted by molar-refractivity contribution is 7.99. The summed E-state index contributed by atoms with van der Waals surface area (Å²) in [6.07, 6.45) is 3.71. The molecule has 12 heteroatoms. The number of aryl methyl sites for hydroxylation is 1. The van der Waals surface area contributed by atoms with Crippen LogP contribution >= 0.6 is 11.8 Å². The number of fused-ring (bicyclic) bond motifs is 3. The number of ether oxygens (including phenoxy) is 3. The number of amides is 3. The Hall–Kier alpha value is -4.39. The summed E-state index contributed by atoms with van der Waals surface area (Å²) in [5.74, 6) is -0.858. The molecule has 1 spiro atoms. The Balaban J connectivity index is 1.01. The fourth-order valence-corrected chi connectivity index (χ4v) is 6.71. The van der Waals surface area contributed by atoms with Crippen LogP contribution in [0.2, 0.25) is 0 Å². The van der Waals surface area contributed by atoms with Crippen LogP contribution in [0.5, 0.6) is 11.5 Å². The highest BCUT2D eigenvalue weighted by atomic mass is 32.2. The van der Waals surface area contributed by atoms with Crippen molar-refractivity contribution in [2.45, 2.75) is 34.6 Å². The van der Waals surface area contributed by atoms with Gasteiger partial charge in [0.2, 0.25) is 11.8 Å². The van der Waals surface area contributed by atoms with Gasteiger partial charge in [-0.2, -0.15) is 0 Å². The van der Waals surface area contributed by atoms with Gasteiger partial charge in [0, 0.05) is 42.5 Å². The van der Waals surface area contributed by atoms with Gasteiger partial charge in [-0.1, -0.05) is 23.9 Å². The lowest BCUT2D eigenvalue weighted by atomic mass is 10.1. The SMILES string of the molecule is Cn1c(CNC(=O)C2CC3(CN2C(=O)CNC(=O)c2ccc4c(c2)Oc2ccccc2S4)OCCO3)cc2cnccc21. The predicted molar refractivity (Wildman–Crippen MR) is 157 cm³/mol. The first kappa shape index (κ1) is 27.4. The van der Waals surface area contributed by atoms with Crippen molar-refractivity contribution in [2.24, 2.45) is 7.05 Å². The maximum absolute atomic E-state index is 13.4. The van der Waals surface area contributed by atoms with Crippen LogP contribution in [0.3, 0.4) is 0 Å². The summed E-state index contributed by atoms with van der Waals surface area (Å²) in [4.78, 5) is 47.4. The van der Waals surface area contributed by atoms with E-state index in [-0.39, 0.29) is 32.0 Å². The molecule has 0 bridgehead atoms. The van der Waals surface area contributed by atoms with Gasteiger partial charge in [0.05, 0.1) is 48.2 Å². The highest BCUT2D eigenvalue weighted by Crippen LogP contribution is 2.47. The number of carbonyl (C=O) groups excluding carboxylic acids is 3. The molecule has 5 heterocycles. The number of benzene rings is 2. The largest absolute Gasteiger partial charge is 0.455 e. The van der Waals surface area contributed by atoms with Gasteiger partial charge in [0.1, 0.15) is 17.5 Å². The van der Waals surface area contributed by atoms with Gasteiger partial charge in [0.15, 0.2) is 5.79 Å². The van der Waals surface area contributed by atoms with Crippen LogP contribution in [-0.2, 0) is 32.7 Å². The third-order valence-electron chi connectivity index (χ3n) is 8.01. The molecule has 0 saturated carbocycles. The Morgan fingerprint density at radius 1 is 1.02 bits per heavy atom. The lowest BCUT2D eigenvalue weighted by Crippen LogP contribution is -2.49. The highest BCUT2D eigenvalue weighted by Gasteiger charge is 2.52. The van der Waals surface area contributed by atoms with Crippen LogP contribution < -0.4 is 15.4 Å². The van der Waals surface area contributed by atoms with E-state index in [4.69, 9.17) is 14.2 Å². The molecule has 2 fully saturated rings. The summed E-state index contributed by atoms with van der Waals surface area (Å²) in [6, 6.07) is 16.0. The molecule has 1 atom stereocenters. The Labute approximate surface area is 251 Å². The molecule has 220 valence electrons. The molecule has 4 aromatic rings. The van der Waals surface area contributed by atoms with Gasteiger partial charge in [-0.05, 0) is 42.5 Å². The smallest absolute Gasteiger partial charge is 0.251 e. The van der Waals surface area contributed by atoms with Crippen molar-refractivity contribution in [2.75, 3.05) is 26.3 Å². The van der Waals surface area contributed by atoms with E-state index in [9.17, 15) is 14.4 Å². The van der Waals surface area contributed by atoms with E-state index >= 15 is 0 Å². The normalized spacial score (nSPS) is 18.3. The van der Waals surface area contributed by atoms with Gasteiger partial charge in [-0.15, -0.1) is 0 Å². The number of hydrogen-bond acceptors (Lipinski definition) is 8. The van der Waals surface area contributed by atoms with Crippen LogP contribution in [0, 0.1) is 0 Å². The van der Waals surface area contributed by atoms with Crippen molar-refractivity contribution < 1.29 is 28.6 Å². The Morgan fingerprint density at radius 2 is 1.84 bits per heavy atom. The molecule has 3 aliphatic rings. The van der Waals surface area contributed by atoms with Crippen molar-refractivity contribution in [3.8, 4) is 11.5 Å². The van der Waals surface area contributed by atoms with Crippen molar-refractivity contribution in [3.63, 3.8) is 0 Å². The molecule has 0 radical (unpaired) electrons. The summed E-state index contributed by atoms with van der Waals surface area (Å²) in [7, 11) is 1.93. The monoisotopic (exact) mass is 599 g/mol. The molecule has 7 rings (SSSR count). The van der Waals surface area contributed by atoms with Crippen LogP contribution in [0.15, 0.2) is 76.8 Å². The summed E-state index contributed by atoms with van der Waals surface area (Å²) < 4.78 is 19.7. The van der Waals surface area contributed by atoms with Crippen LogP contribution in [0.1, 0.15) is 22.5 Å². The van der Waals surface area contributed by atoms with Gasteiger partial charge in [0.25, 0.3) is 5.91 Å². The van der Waals surface area contributed by atoms with Gasteiger partial charge >= 0.3 is 0 Å². The number of nitrogens with zero attached hydrogens (tertiary/aromatic N) is 3. The number of hydrogen-bond donors (Lipinski definition) is 2. The topological polar surface area (TPSA) is 124 Å². The van der Waals surface area contributed by atoms with Crippen LogP contribution in [0.4, 0.5) is 0 Å². The van der Waals surface area contributed by atoms with E-state index < -0.39 is 23.6 Å². The zero-order valence-corrected chi connectivity index (χ0v) is 24.2. The average Bonchev–Trinajstić information content (AvgIpc) is 3.74. The molecule has 0 aliphatic carbocycles. The lowest BCUT2D eigenvalue weighted by molar-refractivity contribution is -0.152. The lowest BCUT2D eigenvalue weighted by Gasteiger charge is -2.24. The van der Waals surface area contributed by atoms with E-state index in [0.29, 0.717) is 24.5 Å². The van der Waals surface area contributed by atoms with E-state index in [1.54, 1.807) is 36.3 Å². The second kappa shape index (κ2) is 11.0. The van der Waals surface area contributed by atoms with E-state index in [1.165, 1.54) is 4.90 Å². The predicted octanol–water partition coefficient (Wildman–Crippen LogP) is 3.22. The fourth-order valence-electron chi connectivity index (χ4n) is 5.78. The maximum atomic E-state index is 13.4. The first-order chi connectivity index (χ1) is 20.9. The number of para-hydroxylation sites is 1. The summed E-state index contributed by atoms with van der Waals surface area (Å²) in [5.41, 5.74) is 2.28. The third-order valence-corrected chi connectivity index (χ3v) is 9.12. The standard InChI is InChI=1S/C31H29N5O6S/c1-35-21(12-20-15-32-9-8-22(20)35)16-33-30(39)23-14-31(40-10-11-41-31)18-36(23)28(37)17-34-29(38)19-6-7-27-25(13-19)42-24-4-2-3-5-26(24)43-27/h2-9,12-13,15,23H,10-11,14,16-18H2,1H3,(H,33,39)(H,34,38). The van der Waals surface area contributed by atoms with Gasteiger partial charge < -0.3 is 34.3 Å². The second-order valence-electron chi connectivity index (χ2n) is 10.7. The quantitative estimate of drug-likeness (QED) is 0.305. The molecular formula is C31H29N5O6S. The average molecular weight is 600 g/mol. The Bertz CT molecular complexity index is 1750. The zero-order chi connectivity index (χ0) is 29.6. The Kier molecular flexibility index (Phi) is 7.04. The molecule has 1 unspecified atom stereocenters. The second-order valence-corrected chi connectivity index (χ2v) is 11.8. The minimum atomic E-state index is -1.03. The van der Waals surface area contributed by atoms with Crippen molar-refractivity contribution in [1.82, 2.24) is 25.1 Å². The van der Waals surface area contributed by atoms with Crippen LogP contribution in [0.25, 0.3) is 10.9 Å². The number of aromatic nitrogens is 2. The number of likely N-dealkylation sites (tertiary alicyclic amines) is 1. The molecule has 2 aromatic heterocycles. The minimum absolute atomic E-state index is 0.100. The van der Waals surface area contributed by atoms with E-state index in [1.807, 2.05) is 54.1 Å².